The van der Waals surface area contributed by atoms with Gasteiger partial charge in [-0.2, -0.15) is 0 Å². The summed E-state index contributed by atoms with van der Waals surface area (Å²) in [5.74, 6) is 1.90. The minimum atomic E-state index is 0.675. The summed E-state index contributed by atoms with van der Waals surface area (Å²) < 4.78 is 2.36. The van der Waals surface area contributed by atoms with Gasteiger partial charge in [0.15, 0.2) is 0 Å². The van der Waals surface area contributed by atoms with Crippen LogP contribution in [-0.2, 0) is 0 Å². The molecule has 0 aliphatic heterocycles. The molecule has 1 N–H and O–H groups in total. The maximum Gasteiger partial charge on any atom is 0.203 e. The lowest BCUT2D eigenvalue weighted by Crippen LogP contribution is -2.16. The number of unbranched alkanes of at least 4 members (excludes halogenated alkanes) is 1. The second kappa shape index (κ2) is 7.56. The summed E-state index contributed by atoms with van der Waals surface area (Å²) >= 11 is 0. The van der Waals surface area contributed by atoms with Crippen LogP contribution in [0.5, 0.6) is 0 Å². The largest absolute Gasteiger partial charge is 0.356 e. The maximum absolute atomic E-state index is 4.48. The molecule has 0 spiro atoms. The Morgan fingerprint density at radius 2 is 2.05 bits per heavy atom. The van der Waals surface area contributed by atoms with Crippen LogP contribution in [0.3, 0.4) is 0 Å². The summed E-state index contributed by atoms with van der Waals surface area (Å²) in [6, 6.07) is 0.675. The van der Waals surface area contributed by atoms with E-state index in [0.29, 0.717) is 6.04 Å². The van der Waals surface area contributed by atoms with E-state index in [9.17, 15) is 0 Å². The molecule has 0 atom stereocenters. The average molecular weight is 263 g/mol. The lowest BCUT2D eigenvalue weighted by atomic mass is 9.95. The molecule has 1 aromatic heterocycles. The molecule has 108 valence electrons. The highest BCUT2D eigenvalue weighted by molar-refractivity contribution is 5.26. The minimum absolute atomic E-state index is 0.675. The van der Waals surface area contributed by atoms with Crippen molar-refractivity contribution in [3.63, 3.8) is 0 Å². The van der Waals surface area contributed by atoms with Crippen LogP contribution in [0, 0.1) is 5.92 Å². The van der Waals surface area contributed by atoms with Crippen molar-refractivity contribution in [2.24, 2.45) is 5.92 Å². The molecule has 1 aliphatic carbocycles. The number of nitrogens with one attached hydrogen (secondary N) is 1. The Labute approximate surface area is 117 Å². The highest BCUT2D eigenvalue weighted by atomic mass is 15.2. The van der Waals surface area contributed by atoms with Gasteiger partial charge in [0, 0.05) is 25.0 Å². The van der Waals surface area contributed by atoms with Gasteiger partial charge in [0.2, 0.25) is 5.95 Å². The van der Waals surface area contributed by atoms with Crippen molar-refractivity contribution >= 4 is 5.95 Å². The van der Waals surface area contributed by atoms with E-state index in [0.717, 1.165) is 18.4 Å². The molecule has 3 heteroatoms. The predicted molar refractivity (Wildman–Crippen MR) is 81.5 cm³/mol. The summed E-state index contributed by atoms with van der Waals surface area (Å²) in [5.41, 5.74) is 0. The molecule has 2 rings (SSSR count). The zero-order valence-corrected chi connectivity index (χ0v) is 12.6. The molecule has 0 saturated heterocycles. The summed E-state index contributed by atoms with van der Waals surface area (Å²) in [6.07, 6.45) is 14.8. The molecular formula is C16H29N3. The Hall–Kier alpha value is -0.990. The predicted octanol–water partition coefficient (Wildman–Crippen LogP) is 4.63. The smallest absolute Gasteiger partial charge is 0.203 e. The summed E-state index contributed by atoms with van der Waals surface area (Å²) in [5, 5.41) is 3.52. The molecule has 1 aliphatic rings. The van der Waals surface area contributed by atoms with Crippen LogP contribution < -0.4 is 5.32 Å². The van der Waals surface area contributed by atoms with Gasteiger partial charge in [-0.3, -0.25) is 0 Å². The quantitative estimate of drug-likeness (QED) is 0.727. The topological polar surface area (TPSA) is 29.9 Å². The highest BCUT2D eigenvalue weighted by Gasteiger charge is 2.17. The summed E-state index contributed by atoms with van der Waals surface area (Å²) in [4.78, 5) is 4.48. The fourth-order valence-corrected chi connectivity index (χ4v) is 2.98. The number of hydrogen-bond acceptors (Lipinski definition) is 2. The molecule has 0 radical (unpaired) electrons. The molecule has 0 unspecified atom stereocenters. The van der Waals surface area contributed by atoms with Gasteiger partial charge in [-0.05, 0) is 25.2 Å². The normalized spacial score (nSPS) is 17.0. The van der Waals surface area contributed by atoms with E-state index in [1.807, 2.05) is 6.20 Å². The number of nitrogens with zero attached hydrogens (tertiary/aromatic N) is 2. The SMILES string of the molecule is CC(C)CCCCNc1nccn1C1CCCCC1. The van der Waals surface area contributed by atoms with Crippen LogP contribution in [0.15, 0.2) is 12.4 Å². The third-order valence-electron chi connectivity index (χ3n) is 4.13. The molecule has 1 saturated carbocycles. The highest BCUT2D eigenvalue weighted by Crippen LogP contribution is 2.30. The number of anilines is 1. The standard InChI is InChI=1S/C16H29N3/c1-14(2)8-6-7-11-17-16-18-12-13-19(16)15-9-4-3-5-10-15/h12-15H,3-11H2,1-2H3,(H,17,18). The van der Waals surface area contributed by atoms with Gasteiger partial charge in [0.1, 0.15) is 0 Å². The monoisotopic (exact) mass is 263 g/mol. The Balaban J connectivity index is 1.76. The van der Waals surface area contributed by atoms with E-state index in [1.165, 1.54) is 51.4 Å². The fraction of sp³-hybridized carbons (Fsp3) is 0.812. The van der Waals surface area contributed by atoms with Crippen molar-refractivity contribution in [3.05, 3.63) is 12.4 Å². The zero-order chi connectivity index (χ0) is 13.5. The van der Waals surface area contributed by atoms with Crippen LogP contribution in [-0.4, -0.2) is 16.1 Å². The number of rotatable bonds is 7. The van der Waals surface area contributed by atoms with E-state index in [4.69, 9.17) is 0 Å². The van der Waals surface area contributed by atoms with Crippen molar-refractivity contribution < 1.29 is 0 Å². The molecule has 0 aromatic carbocycles. The zero-order valence-electron chi connectivity index (χ0n) is 12.6. The van der Waals surface area contributed by atoms with Gasteiger partial charge in [-0.25, -0.2) is 4.98 Å². The molecular weight excluding hydrogens is 234 g/mol. The van der Waals surface area contributed by atoms with E-state index in [2.05, 4.69) is 34.9 Å². The number of hydrogen-bond donors (Lipinski definition) is 1. The van der Waals surface area contributed by atoms with E-state index in [1.54, 1.807) is 0 Å². The van der Waals surface area contributed by atoms with Gasteiger partial charge < -0.3 is 9.88 Å². The van der Waals surface area contributed by atoms with Crippen molar-refractivity contribution in [2.45, 2.75) is 71.3 Å². The van der Waals surface area contributed by atoms with E-state index < -0.39 is 0 Å². The van der Waals surface area contributed by atoms with Crippen LogP contribution in [0.25, 0.3) is 0 Å². The molecule has 0 amide bonds. The van der Waals surface area contributed by atoms with E-state index in [-0.39, 0.29) is 0 Å². The van der Waals surface area contributed by atoms with Gasteiger partial charge in [0.05, 0.1) is 0 Å². The second-order valence-electron chi connectivity index (χ2n) is 6.27. The molecule has 3 nitrogen and oxygen atoms in total. The van der Waals surface area contributed by atoms with Crippen molar-refractivity contribution in [1.82, 2.24) is 9.55 Å². The van der Waals surface area contributed by atoms with Gasteiger partial charge in [-0.1, -0.05) is 46.0 Å². The first-order chi connectivity index (χ1) is 9.27. The molecule has 1 heterocycles. The third-order valence-corrected chi connectivity index (χ3v) is 4.13. The Morgan fingerprint density at radius 1 is 1.26 bits per heavy atom. The molecule has 19 heavy (non-hydrogen) atoms. The Kier molecular flexibility index (Phi) is 5.74. The number of imidazole rings is 1. The summed E-state index contributed by atoms with van der Waals surface area (Å²) in [6.45, 7) is 5.64. The van der Waals surface area contributed by atoms with Crippen molar-refractivity contribution in [1.29, 1.82) is 0 Å². The van der Waals surface area contributed by atoms with Crippen LogP contribution in [0.1, 0.15) is 71.3 Å². The van der Waals surface area contributed by atoms with Crippen molar-refractivity contribution in [2.75, 3.05) is 11.9 Å². The third kappa shape index (κ3) is 4.55. The van der Waals surface area contributed by atoms with E-state index >= 15 is 0 Å². The van der Waals surface area contributed by atoms with Crippen LogP contribution in [0.4, 0.5) is 5.95 Å². The minimum Gasteiger partial charge on any atom is -0.356 e. The van der Waals surface area contributed by atoms with Gasteiger partial charge in [-0.15, -0.1) is 0 Å². The fourth-order valence-electron chi connectivity index (χ4n) is 2.98. The van der Waals surface area contributed by atoms with Crippen LogP contribution in [0.2, 0.25) is 0 Å². The Morgan fingerprint density at radius 3 is 2.79 bits per heavy atom. The Bertz CT molecular complexity index is 351. The first-order valence-electron chi connectivity index (χ1n) is 8.04. The molecule has 0 bridgehead atoms. The maximum atomic E-state index is 4.48. The first kappa shape index (κ1) is 14.4. The second-order valence-corrected chi connectivity index (χ2v) is 6.27. The molecule has 1 aromatic rings. The van der Waals surface area contributed by atoms with Crippen molar-refractivity contribution in [3.8, 4) is 0 Å². The molecule has 1 fully saturated rings. The first-order valence-corrected chi connectivity index (χ1v) is 8.04. The average Bonchev–Trinajstić information content (AvgIpc) is 2.87. The lowest BCUT2D eigenvalue weighted by molar-refractivity contribution is 0.356. The van der Waals surface area contributed by atoms with Gasteiger partial charge >= 0.3 is 0 Å². The van der Waals surface area contributed by atoms with Gasteiger partial charge in [0.25, 0.3) is 0 Å². The van der Waals surface area contributed by atoms with Crippen LogP contribution >= 0.6 is 0 Å². The number of aromatic nitrogens is 2. The lowest BCUT2D eigenvalue weighted by Gasteiger charge is -2.24. The summed E-state index contributed by atoms with van der Waals surface area (Å²) in [7, 11) is 0.